The van der Waals surface area contributed by atoms with Crippen LogP contribution in [0, 0.1) is 0 Å². The van der Waals surface area contributed by atoms with Crippen LogP contribution in [0.4, 0.5) is 0 Å². The molecule has 1 heterocycles. The molecule has 108 valence electrons. The highest BCUT2D eigenvalue weighted by molar-refractivity contribution is 6.01. The van der Waals surface area contributed by atoms with Crippen molar-refractivity contribution in [1.82, 2.24) is 10.2 Å². The number of nitrogens with one attached hydrogen (secondary N) is 1. The first-order chi connectivity index (χ1) is 8.85. The predicted octanol–water partition coefficient (Wildman–Crippen LogP) is -3.04. The number of hydrogen-bond donors (Lipinski definition) is 5. The lowest BCUT2D eigenvalue weighted by molar-refractivity contribution is -0.140. The van der Waals surface area contributed by atoms with Crippen molar-refractivity contribution >= 4 is 17.8 Å². The molecular weight excluding hydrogens is 258 g/mol. The molecule has 0 aliphatic carbocycles. The Morgan fingerprint density at radius 2 is 2.11 bits per heavy atom. The number of amides is 1. The first-order valence-corrected chi connectivity index (χ1v) is 5.64. The number of nitrogens with zero attached hydrogens (tertiary/aromatic N) is 2. The van der Waals surface area contributed by atoms with E-state index in [-0.39, 0.29) is 18.9 Å². The lowest BCUT2D eigenvalue weighted by atomic mass is 10.1. The number of aliphatic carboxylic acids is 1. The SMILES string of the molecule is CN1CC(=O)N=C1NC(CC(O)C(O)CO)C(=O)O. The summed E-state index contributed by atoms with van der Waals surface area (Å²) in [6, 6.07) is -1.23. The maximum absolute atomic E-state index is 11.1. The van der Waals surface area contributed by atoms with Gasteiger partial charge < -0.3 is 30.6 Å². The van der Waals surface area contributed by atoms with Crippen molar-refractivity contribution < 1.29 is 30.0 Å². The third-order valence-electron chi connectivity index (χ3n) is 2.67. The number of likely N-dealkylation sites (N-methyl/N-ethyl adjacent to an activating group) is 1. The molecule has 0 aromatic rings. The van der Waals surface area contributed by atoms with Crippen molar-refractivity contribution in [3.05, 3.63) is 0 Å². The van der Waals surface area contributed by atoms with Crippen LogP contribution in [0.1, 0.15) is 6.42 Å². The van der Waals surface area contributed by atoms with Crippen LogP contribution in [0.3, 0.4) is 0 Å². The van der Waals surface area contributed by atoms with E-state index < -0.39 is 36.7 Å². The molecule has 0 bridgehead atoms. The van der Waals surface area contributed by atoms with E-state index in [0.29, 0.717) is 0 Å². The fraction of sp³-hybridized carbons (Fsp3) is 0.700. The van der Waals surface area contributed by atoms with Gasteiger partial charge in [-0.05, 0) is 0 Å². The maximum atomic E-state index is 11.1. The number of rotatable bonds is 6. The molecule has 5 N–H and O–H groups in total. The minimum Gasteiger partial charge on any atom is -0.480 e. The molecule has 9 nitrogen and oxygen atoms in total. The van der Waals surface area contributed by atoms with E-state index in [0.717, 1.165) is 0 Å². The highest BCUT2D eigenvalue weighted by Gasteiger charge is 2.29. The van der Waals surface area contributed by atoms with Crippen molar-refractivity contribution in [3.8, 4) is 0 Å². The van der Waals surface area contributed by atoms with Crippen LogP contribution in [-0.4, -0.2) is 81.6 Å². The number of guanidine groups is 1. The monoisotopic (exact) mass is 275 g/mol. The standard InChI is InChI=1S/C10H17N3O6/c1-13-3-8(17)12-10(13)11-5(9(18)19)2-6(15)7(16)4-14/h5-7,14-16H,2-4H2,1H3,(H,18,19)(H,11,12,17). The van der Waals surface area contributed by atoms with E-state index >= 15 is 0 Å². The molecule has 9 heteroatoms. The molecule has 1 rings (SSSR count). The number of carbonyl (C=O) groups excluding carboxylic acids is 1. The van der Waals surface area contributed by atoms with Gasteiger partial charge in [0.15, 0.2) is 0 Å². The smallest absolute Gasteiger partial charge is 0.326 e. The fourth-order valence-corrected chi connectivity index (χ4v) is 1.56. The molecule has 1 aliphatic rings. The molecule has 0 spiro atoms. The van der Waals surface area contributed by atoms with Crippen LogP contribution < -0.4 is 5.32 Å². The number of hydrogen-bond acceptors (Lipinski definition) is 7. The summed E-state index contributed by atoms with van der Waals surface area (Å²) >= 11 is 0. The molecule has 1 aliphatic heterocycles. The van der Waals surface area contributed by atoms with Crippen molar-refractivity contribution in [2.75, 3.05) is 20.2 Å². The van der Waals surface area contributed by atoms with Gasteiger partial charge in [-0.25, -0.2) is 4.79 Å². The molecule has 0 aromatic carbocycles. The van der Waals surface area contributed by atoms with Crippen molar-refractivity contribution in [1.29, 1.82) is 0 Å². The lowest BCUT2D eigenvalue weighted by Gasteiger charge is -2.23. The Balaban J connectivity index is 2.66. The average molecular weight is 275 g/mol. The molecule has 19 heavy (non-hydrogen) atoms. The number of aliphatic hydroxyl groups excluding tert-OH is 3. The van der Waals surface area contributed by atoms with Gasteiger partial charge in [0.1, 0.15) is 18.7 Å². The number of aliphatic imine (C=N–C) groups is 1. The average Bonchev–Trinajstić information content (AvgIpc) is 2.65. The molecule has 0 fully saturated rings. The quantitative estimate of drug-likeness (QED) is 0.344. The van der Waals surface area contributed by atoms with Gasteiger partial charge in [-0.2, -0.15) is 4.99 Å². The summed E-state index contributed by atoms with van der Waals surface area (Å²) in [5.74, 6) is -1.56. The minimum atomic E-state index is -1.42. The molecule has 3 unspecified atom stereocenters. The minimum absolute atomic E-state index is 0.0521. The van der Waals surface area contributed by atoms with Gasteiger partial charge in [0.25, 0.3) is 5.91 Å². The number of carboxylic acid groups (broad SMARTS) is 1. The van der Waals surface area contributed by atoms with Crippen molar-refractivity contribution in [3.63, 3.8) is 0 Å². The molecular formula is C10H17N3O6. The van der Waals surface area contributed by atoms with Gasteiger partial charge in [-0.1, -0.05) is 0 Å². The van der Waals surface area contributed by atoms with Crippen molar-refractivity contribution in [2.24, 2.45) is 4.99 Å². The van der Waals surface area contributed by atoms with Gasteiger partial charge in [0.05, 0.1) is 12.7 Å². The third-order valence-corrected chi connectivity index (χ3v) is 2.67. The van der Waals surface area contributed by atoms with Gasteiger partial charge in [0, 0.05) is 13.5 Å². The third kappa shape index (κ3) is 4.16. The first kappa shape index (κ1) is 15.3. The van der Waals surface area contributed by atoms with Crippen molar-refractivity contribution in [2.45, 2.75) is 24.7 Å². The van der Waals surface area contributed by atoms with E-state index in [1.165, 1.54) is 4.90 Å². The summed E-state index contributed by atoms with van der Waals surface area (Å²) in [6.45, 7) is -0.622. The second-order valence-electron chi connectivity index (χ2n) is 4.27. The van der Waals surface area contributed by atoms with Crippen LogP contribution in [-0.2, 0) is 9.59 Å². The second-order valence-corrected chi connectivity index (χ2v) is 4.27. The normalized spacial score (nSPS) is 19.9. The summed E-state index contributed by atoms with van der Waals surface area (Å²) < 4.78 is 0. The predicted molar refractivity (Wildman–Crippen MR) is 63.3 cm³/mol. The second kappa shape index (κ2) is 6.45. The zero-order valence-corrected chi connectivity index (χ0v) is 10.4. The van der Waals surface area contributed by atoms with Crippen LogP contribution >= 0.6 is 0 Å². The van der Waals surface area contributed by atoms with Crippen LogP contribution in [0.5, 0.6) is 0 Å². The lowest BCUT2D eigenvalue weighted by Crippen LogP contribution is -2.48. The van der Waals surface area contributed by atoms with Gasteiger partial charge >= 0.3 is 5.97 Å². The zero-order chi connectivity index (χ0) is 14.6. The molecule has 0 radical (unpaired) electrons. The molecule has 3 atom stereocenters. The Bertz CT molecular complexity index is 385. The Morgan fingerprint density at radius 3 is 2.53 bits per heavy atom. The highest BCUT2D eigenvalue weighted by atomic mass is 16.4. The summed E-state index contributed by atoms with van der Waals surface area (Å²) in [6.07, 6.45) is -3.16. The molecule has 0 aromatic heterocycles. The summed E-state index contributed by atoms with van der Waals surface area (Å²) in [5, 5.41) is 38.9. The van der Waals surface area contributed by atoms with E-state index in [1.54, 1.807) is 7.05 Å². The summed E-state index contributed by atoms with van der Waals surface area (Å²) in [4.78, 5) is 27.1. The Kier molecular flexibility index (Phi) is 5.21. The molecule has 0 saturated heterocycles. The number of aliphatic hydroxyl groups is 3. The zero-order valence-electron chi connectivity index (χ0n) is 10.4. The fourth-order valence-electron chi connectivity index (χ4n) is 1.56. The topological polar surface area (TPSA) is 143 Å². The molecule has 1 amide bonds. The highest BCUT2D eigenvalue weighted by Crippen LogP contribution is 2.06. The summed E-state index contributed by atoms with van der Waals surface area (Å²) in [7, 11) is 1.56. The number of carboxylic acids is 1. The van der Waals surface area contributed by atoms with Crippen LogP contribution in [0.2, 0.25) is 0 Å². The van der Waals surface area contributed by atoms with Gasteiger partial charge in [-0.15, -0.1) is 0 Å². The van der Waals surface area contributed by atoms with Crippen LogP contribution in [0.15, 0.2) is 4.99 Å². The Morgan fingerprint density at radius 1 is 1.47 bits per heavy atom. The number of carbonyl (C=O) groups is 2. The summed E-state index contributed by atoms with van der Waals surface area (Å²) in [5.41, 5.74) is 0. The molecule has 0 saturated carbocycles. The van der Waals surface area contributed by atoms with Gasteiger partial charge in [0.2, 0.25) is 5.96 Å². The van der Waals surface area contributed by atoms with E-state index in [1.807, 2.05) is 0 Å². The van der Waals surface area contributed by atoms with E-state index in [9.17, 15) is 19.8 Å². The van der Waals surface area contributed by atoms with E-state index in [4.69, 9.17) is 10.2 Å². The van der Waals surface area contributed by atoms with Crippen LogP contribution in [0.25, 0.3) is 0 Å². The maximum Gasteiger partial charge on any atom is 0.326 e. The van der Waals surface area contributed by atoms with Gasteiger partial charge in [-0.3, -0.25) is 4.79 Å². The Hall–Kier alpha value is -1.71. The van der Waals surface area contributed by atoms with E-state index in [2.05, 4.69) is 10.3 Å². The Labute approximate surface area is 109 Å². The first-order valence-electron chi connectivity index (χ1n) is 5.64. The largest absolute Gasteiger partial charge is 0.480 e.